The third kappa shape index (κ3) is 36.3. The monoisotopic (exact) mass is 1840 g/mol. The topological polar surface area (TPSA) is 223 Å². The molecule has 9 fully saturated rings. The molecule has 0 aromatic heterocycles. The van der Waals surface area contributed by atoms with Gasteiger partial charge in [0.2, 0.25) is 35.4 Å². The molecule has 22 nitrogen and oxygen atoms in total. The lowest BCUT2D eigenvalue weighted by Crippen LogP contribution is -2.65. The number of carbonyl (C=O) groups excluding carboxylic acids is 9. The van der Waals surface area contributed by atoms with Crippen LogP contribution in [-0.4, -0.2) is 246 Å². The average Bonchev–Trinajstić information content (AvgIpc) is 1.50. The maximum Gasteiger partial charge on any atom is 0.410 e. The summed E-state index contributed by atoms with van der Waals surface area (Å²) in [6, 6.07) is 2.84. The molecule has 0 radical (unpaired) electrons. The first-order valence-corrected chi connectivity index (χ1v) is 49.8. The Morgan fingerprint density at radius 2 is 0.527 bits per heavy atom. The zero-order valence-electron chi connectivity index (χ0n) is 93.8. The van der Waals surface area contributed by atoms with Gasteiger partial charge in [0.1, 0.15) is 13.2 Å². The first-order chi connectivity index (χ1) is 56.7. The Hall–Kier alpha value is -4.90. The van der Waals surface area contributed by atoms with E-state index in [-0.39, 0.29) is 159 Å². The van der Waals surface area contributed by atoms with E-state index in [9.17, 15) is 43.2 Å². The van der Waals surface area contributed by atoms with E-state index in [1.165, 1.54) is 11.8 Å². The molecule has 9 heterocycles. The molecule has 129 heavy (non-hydrogen) atoms. The summed E-state index contributed by atoms with van der Waals surface area (Å²) in [5.74, 6) is 2.51. The Kier molecular flexibility index (Phi) is 41.3. The SMILES string of the molecule is CC(C)(C)C1CC(=O)N1C(C)(C)C.CC(C)(C)C1CCC(=O)N1C(C)(C)C.CC(C)(C)C1CCC(=O)N1C(C)(C)C.CC(C)(C)C1CCCC(=O)N1C(C)(C)C.CC(C)(C)C1CCOC(=O)N1C(C)(C)C.CC(C)(C)C1CNCC(=O)N1C(C)(C)C.CC(C)(C)C1COC(=O)N1C(C)(C)C.CC(C)(C)C1COCC(=O)N1C(C)(C)C.CC(C)(C)C1CSC(=O)N1C(C)(C)C. The smallest absolute Gasteiger partial charge is 0.410 e. The summed E-state index contributed by atoms with van der Waals surface area (Å²) >= 11 is 1.45. The predicted octanol–water partition coefficient (Wildman–Crippen LogP) is 24.0. The molecule has 0 bridgehead atoms. The molecule has 9 aliphatic heterocycles. The zero-order chi connectivity index (χ0) is 102. The van der Waals surface area contributed by atoms with Crippen molar-refractivity contribution in [1.82, 2.24) is 49.4 Å². The highest BCUT2D eigenvalue weighted by molar-refractivity contribution is 8.13. The second kappa shape index (κ2) is 43.6. The standard InChI is InChI=1S/C13H25NO.C12H24N2O.2C12H23NO2.2C12H23NO.C11H21NO2.C11H21NOS.C11H21NO/c1-12(2,3)10-8-7-9-11(15)14(10)13(4,5)6;1-11(2,3)9-7-13-8-10(15)14(9)12(4,5)6;1-11(2,3)9-7-15-8-10(14)13(9)12(4,5)6;1-11(2,3)9-7-8-15-10(14)13(9)12(4,5)6;2*1-11(2,3)9-7-8-10(14)13(9)12(4,5)6;2*1-10(2,3)8-7-14-9(13)12(8)11(4,5)6;1-10(2,3)8-7-9(13)12(8)11(4,5)6/h10H,7-9H2,1-6H3;9,13H,7-8H2,1-6H3;2*9H,7-8H2,1-6H3;2*9H,7-8H2,1-6H3;2*8H,7H2,1-6H3;8H,7H2,1-6H3. The largest absolute Gasteiger partial charge is 0.449 e. The second-order valence-electron chi connectivity index (χ2n) is 56.5. The van der Waals surface area contributed by atoms with Crippen LogP contribution in [0.2, 0.25) is 0 Å². The molecule has 9 rings (SSSR count). The normalized spacial score (nSPS) is 24.4. The van der Waals surface area contributed by atoms with Gasteiger partial charge in [-0.2, -0.15) is 0 Å². The van der Waals surface area contributed by atoms with Crippen molar-refractivity contribution in [3.05, 3.63) is 0 Å². The molecule has 9 amide bonds. The van der Waals surface area contributed by atoms with Gasteiger partial charge in [-0.05, 0) is 261 Å². The Labute approximate surface area is 796 Å². The van der Waals surface area contributed by atoms with Crippen LogP contribution in [0.25, 0.3) is 0 Å². The Balaban J connectivity index is 0.000000726. The third-order valence-corrected chi connectivity index (χ3v) is 26.4. The lowest BCUT2D eigenvalue weighted by molar-refractivity contribution is -0.163. The second-order valence-corrected chi connectivity index (χ2v) is 57.5. The minimum Gasteiger partial charge on any atom is -0.449 e. The number of hydrogen-bond acceptors (Lipinski definition) is 14. The lowest BCUT2D eigenvalue weighted by Gasteiger charge is -2.54. The van der Waals surface area contributed by atoms with Crippen molar-refractivity contribution in [2.75, 3.05) is 45.3 Å². The van der Waals surface area contributed by atoms with E-state index in [2.05, 4.69) is 373 Å². The molecule has 9 unspecified atom stereocenters. The summed E-state index contributed by atoms with van der Waals surface area (Å²) in [7, 11) is 0. The number of β-lactam (4-membered cyclic amide) rings is 1. The number of piperidine rings is 1. The van der Waals surface area contributed by atoms with Gasteiger partial charge in [0, 0.05) is 137 Å². The van der Waals surface area contributed by atoms with E-state index in [1.54, 1.807) is 0 Å². The molecule has 9 aliphatic rings. The summed E-state index contributed by atoms with van der Waals surface area (Å²) in [6.07, 6.45) is 7.68. The highest BCUT2D eigenvalue weighted by atomic mass is 32.2. The Morgan fingerprint density at radius 1 is 0.256 bits per heavy atom. The number of thioether (sulfide) groups is 1. The number of hydrogen-bond donors (Lipinski definition) is 1. The van der Waals surface area contributed by atoms with E-state index in [1.807, 2.05) is 50.2 Å². The molecule has 9 atom stereocenters. The summed E-state index contributed by atoms with van der Waals surface area (Å²) in [5, 5.41) is 3.44. The van der Waals surface area contributed by atoms with Crippen LogP contribution >= 0.6 is 11.8 Å². The van der Waals surface area contributed by atoms with Gasteiger partial charge in [0.15, 0.2) is 0 Å². The molecule has 1 N–H and O–H groups in total. The number of nitrogens with one attached hydrogen (secondary N) is 1. The van der Waals surface area contributed by atoms with Crippen molar-refractivity contribution in [1.29, 1.82) is 0 Å². The van der Waals surface area contributed by atoms with E-state index in [0.717, 1.165) is 70.1 Å². The maximum absolute atomic E-state index is 12.0. The number of nitrogens with zero attached hydrogens (tertiary/aromatic N) is 9. The van der Waals surface area contributed by atoms with Crippen LogP contribution in [0.15, 0.2) is 0 Å². The molecule has 756 valence electrons. The maximum atomic E-state index is 12.0. The summed E-state index contributed by atoms with van der Waals surface area (Å²) in [4.78, 5) is 124. The van der Waals surface area contributed by atoms with Gasteiger partial charge < -0.3 is 53.8 Å². The number of cyclic esters (lactones) is 2. The number of morpholine rings is 1. The van der Waals surface area contributed by atoms with Crippen LogP contribution in [0.1, 0.15) is 432 Å². The van der Waals surface area contributed by atoms with Crippen LogP contribution in [0.5, 0.6) is 0 Å². The van der Waals surface area contributed by atoms with Gasteiger partial charge in [-0.15, -0.1) is 0 Å². The minimum absolute atomic E-state index is 0.0206. The fourth-order valence-corrected chi connectivity index (χ4v) is 20.7. The lowest BCUT2D eigenvalue weighted by atomic mass is 9.76. The van der Waals surface area contributed by atoms with Gasteiger partial charge in [0.25, 0.3) is 5.24 Å². The number of likely N-dealkylation sites (tertiary alicyclic amines) is 4. The first-order valence-electron chi connectivity index (χ1n) is 48.8. The Bertz CT molecular complexity index is 3220. The molecule has 0 aliphatic carbocycles. The van der Waals surface area contributed by atoms with E-state index >= 15 is 0 Å². The van der Waals surface area contributed by atoms with E-state index in [4.69, 9.17) is 14.2 Å². The van der Waals surface area contributed by atoms with Crippen molar-refractivity contribution >= 4 is 64.6 Å². The summed E-state index contributed by atoms with van der Waals surface area (Å²) < 4.78 is 15.6. The predicted molar refractivity (Wildman–Crippen MR) is 539 cm³/mol. The number of ether oxygens (including phenoxy) is 3. The highest BCUT2D eigenvalue weighted by Crippen LogP contribution is 2.46. The highest BCUT2D eigenvalue weighted by Gasteiger charge is 2.53. The van der Waals surface area contributed by atoms with Crippen molar-refractivity contribution in [3.63, 3.8) is 0 Å². The van der Waals surface area contributed by atoms with E-state index in [0.29, 0.717) is 80.2 Å². The van der Waals surface area contributed by atoms with Crippen molar-refractivity contribution in [2.24, 2.45) is 48.7 Å². The number of amides is 9. The third-order valence-electron chi connectivity index (χ3n) is 25.5. The molecule has 0 aromatic rings. The minimum atomic E-state index is -0.183. The van der Waals surface area contributed by atoms with E-state index < -0.39 is 0 Å². The fraction of sp³-hybridized carbons (Fsp3) is 0.915. The van der Waals surface area contributed by atoms with Crippen LogP contribution < -0.4 is 5.32 Å². The summed E-state index contributed by atoms with van der Waals surface area (Å²) in [6.45, 7) is 119. The van der Waals surface area contributed by atoms with Gasteiger partial charge in [-0.25, -0.2) is 9.59 Å². The molecular formula is C106H204N10O12S. The molecule has 23 heteroatoms. The number of carbonyl (C=O) groups is 9. The number of piperazine rings is 1. The summed E-state index contributed by atoms with van der Waals surface area (Å²) in [5.41, 5.74) is 0.566. The Morgan fingerprint density at radius 3 is 0.791 bits per heavy atom. The van der Waals surface area contributed by atoms with Crippen LogP contribution in [0.4, 0.5) is 14.4 Å². The van der Waals surface area contributed by atoms with Gasteiger partial charge in [-0.1, -0.05) is 199 Å². The molecule has 0 spiro atoms. The van der Waals surface area contributed by atoms with Crippen molar-refractivity contribution in [2.45, 2.75) is 536 Å². The van der Waals surface area contributed by atoms with Crippen molar-refractivity contribution < 1.29 is 57.4 Å². The molecule has 0 saturated carbocycles. The van der Waals surface area contributed by atoms with Crippen LogP contribution in [-0.2, 0) is 43.0 Å². The van der Waals surface area contributed by atoms with Gasteiger partial charge in [-0.3, -0.25) is 43.4 Å². The fourth-order valence-electron chi connectivity index (χ4n) is 19.2. The first kappa shape index (κ1) is 122. The van der Waals surface area contributed by atoms with Crippen LogP contribution in [0, 0.1) is 48.7 Å². The zero-order valence-corrected chi connectivity index (χ0v) is 94.7. The van der Waals surface area contributed by atoms with Gasteiger partial charge >= 0.3 is 12.2 Å². The number of rotatable bonds is 0. The quantitative estimate of drug-likeness (QED) is 0.223. The van der Waals surface area contributed by atoms with Crippen LogP contribution in [0.3, 0.4) is 0 Å². The average molecular weight is 1840 g/mol. The molecular weight excluding hydrogens is 1640 g/mol. The van der Waals surface area contributed by atoms with Crippen molar-refractivity contribution in [3.8, 4) is 0 Å². The molecule has 9 saturated heterocycles. The molecule has 0 aromatic carbocycles. The van der Waals surface area contributed by atoms with Gasteiger partial charge in [0.05, 0.1) is 31.8 Å².